The van der Waals surface area contributed by atoms with E-state index in [2.05, 4.69) is 52.1 Å². The highest BCUT2D eigenvalue weighted by Gasteiger charge is 2.23. The van der Waals surface area contributed by atoms with E-state index in [-0.39, 0.29) is 6.17 Å². The Labute approximate surface area is 129 Å². The summed E-state index contributed by atoms with van der Waals surface area (Å²) in [6, 6.07) is 8.48. The lowest BCUT2D eigenvalue weighted by Crippen LogP contribution is -2.33. The van der Waals surface area contributed by atoms with Crippen LogP contribution in [0.25, 0.3) is 11.1 Å². The third-order valence-electron chi connectivity index (χ3n) is 3.18. The minimum Gasteiger partial charge on any atom is -0.471 e. The van der Waals surface area contributed by atoms with Crippen molar-refractivity contribution in [3.63, 3.8) is 0 Å². The first-order valence-corrected chi connectivity index (χ1v) is 6.92. The predicted octanol–water partition coefficient (Wildman–Crippen LogP) is 2.67. The molecule has 22 heavy (non-hydrogen) atoms. The van der Waals surface area contributed by atoms with Crippen LogP contribution < -0.4 is 5.32 Å². The molecule has 2 aliphatic carbocycles. The molecule has 0 saturated heterocycles. The number of terminal acetylenes is 1. The fraction of sp³-hybridized carbons (Fsp3) is 0.111. The van der Waals surface area contributed by atoms with Gasteiger partial charge in [0.1, 0.15) is 6.61 Å². The lowest BCUT2D eigenvalue weighted by atomic mass is 10.2. The summed E-state index contributed by atoms with van der Waals surface area (Å²) in [4.78, 5) is 8.63. The minimum absolute atomic E-state index is 0.202. The van der Waals surface area contributed by atoms with Crippen molar-refractivity contribution >= 4 is 11.6 Å². The highest BCUT2D eigenvalue weighted by atomic mass is 16.5. The second-order valence-electron chi connectivity index (χ2n) is 4.74. The standard InChI is InChI=1S/C12H11N3O.C6H4/c1-3-8-16-12-9(4-2)14-11-10(15-12)6-5-7-13-11;1-2-5-4-6(5)3-1/h2-3,5-7,11,13H,1,8H2;1-4H. The average Bonchev–Trinajstić information content (AvgIpc) is 3.17. The summed E-state index contributed by atoms with van der Waals surface area (Å²) in [6.07, 6.45) is 12.3. The summed E-state index contributed by atoms with van der Waals surface area (Å²) >= 11 is 0. The monoisotopic (exact) mass is 289 g/mol. The molecule has 4 rings (SSSR count). The SMILES string of the molecule is C#CC1=NC2NC=CC=C2N=C1OCC=C.c1cc2cc-2c1. The third kappa shape index (κ3) is 2.99. The van der Waals surface area contributed by atoms with Crippen molar-refractivity contribution in [3.05, 3.63) is 61.0 Å². The largest absolute Gasteiger partial charge is 0.471 e. The van der Waals surface area contributed by atoms with E-state index >= 15 is 0 Å². The van der Waals surface area contributed by atoms with Gasteiger partial charge in [0.25, 0.3) is 0 Å². The highest BCUT2D eigenvalue weighted by Crippen LogP contribution is 2.32. The van der Waals surface area contributed by atoms with Gasteiger partial charge in [-0.1, -0.05) is 30.9 Å². The first kappa shape index (κ1) is 13.9. The topological polar surface area (TPSA) is 46.0 Å². The molecule has 2 aliphatic heterocycles. The average molecular weight is 289 g/mol. The maximum Gasteiger partial charge on any atom is 0.249 e. The van der Waals surface area contributed by atoms with E-state index in [0.717, 1.165) is 5.70 Å². The molecule has 2 heterocycles. The van der Waals surface area contributed by atoms with Crippen molar-refractivity contribution < 1.29 is 4.74 Å². The van der Waals surface area contributed by atoms with Crippen LogP contribution in [0.2, 0.25) is 0 Å². The van der Waals surface area contributed by atoms with Gasteiger partial charge >= 0.3 is 0 Å². The number of fused-ring (bicyclic) bond motifs is 2. The van der Waals surface area contributed by atoms with Crippen LogP contribution in [-0.4, -0.2) is 24.4 Å². The van der Waals surface area contributed by atoms with Gasteiger partial charge in [-0.2, -0.15) is 0 Å². The lowest BCUT2D eigenvalue weighted by Gasteiger charge is -2.22. The fourth-order valence-corrected chi connectivity index (χ4v) is 2.04. The maximum absolute atomic E-state index is 5.35. The summed E-state index contributed by atoms with van der Waals surface area (Å²) in [5.41, 5.74) is 4.07. The molecular formula is C18H15N3O. The molecule has 0 spiro atoms. The van der Waals surface area contributed by atoms with Crippen molar-refractivity contribution in [1.29, 1.82) is 0 Å². The van der Waals surface area contributed by atoms with E-state index in [1.165, 1.54) is 11.1 Å². The van der Waals surface area contributed by atoms with Crippen LogP contribution in [-0.2, 0) is 4.74 Å². The zero-order chi connectivity index (χ0) is 15.4. The molecule has 0 saturated carbocycles. The fourth-order valence-electron chi connectivity index (χ4n) is 2.04. The van der Waals surface area contributed by atoms with E-state index in [1.807, 2.05) is 12.2 Å². The summed E-state index contributed by atoms with van der Waals surface area (Å²) in [7, 11) is 0. The minimum atomic E-state index is -0.202. The number of nitrogens with one attached hydrogen (secondary N) is 1. The summed E-state index contributed by atoms with van der Waals surface area (Å²) in [6.45, 7) is 3.93. The van der Waals surface area contributed by atoms with Crippen molar-refractivity contribution in [2.75, 3.05) is 6.61 Å². The van der Waals surface area contributed by atoms with E-state index < -0.39 is 0 Å². The Morgan fingerprint density at radius 3 is 2.82 bits per heavy atom. The van der Waals surface area contributed by atoms with Gasteiger partial charge in [0.2, 0.25) is 5.90 Å². The molecule has 1 N–H and O–H groups in total. The third-order valence-corrected chi connectivity index (χ3v) is 3.18. The van der Waals surface area contributed by atoms with E-state index in [9.17, 15) is 0 Å². The summed E-state index contributed by atoms with van der Waals surface area (Å²) < 4.78 is 5.35. The quantitative estimate of drug-likeness (QED) is 0.682. The Morgan fingerprint density at radius 2 is 2.23 bits per heavy atom. The number of rotatable bonds is 2. The molecule has 4 aliphatic rings. The van der Waals surface area contributed by atoms with Crippen LogP contribution in [0, 0.1) is 12.3 Å². The van der Waals surface area contributed by atoms with Gasteiger partial charge in [-0.05, 0) is 41.5 Å². The second kappa shape index (κ2) is 6.15. The zero-order valence-corrected chi connectivity index (χ0v) is 12.0. The molecule has 0 aromatic heterocycles. The normalized spacial score (nSPS) is 18.9. The van der Waals surface area contributed by atoms with Gasteiger partial charge in [-0.3, -0.25) is 0 Å². The van der Waals surface area contributed by atoms with Crippen LogP contribution >= 0.6 is 0 Å². The number of dihydropyridines is 1. The number of ether oxygens (including phenoxy) is 1. The molecule has 0 aromatic carbocycles. The molecule has 108 valence electrons. The van der Waals surface area contributed by atoms with Gasteiger partial charge in [0.05, 0.1) is 5.70 Å². The van der Waals surface area contributed by atoms with E-state index in [0.29, 0.717) is 18.2 Å². The molecule has 0 radical (unpaired) electrons. The summed E-state index contributed by atoms with van der Waals surface area (Å²) in [5, 5.41) is 3.05. The van der Waals surface area contributed by atoms with Gasteiger partial charge < -0.3 is 10.1 Å². The smallest absolute Gasteiger partial charge is 0.249 e. The molecule has 0 amide bonds. The number of hydrogen-bond donors (Lipinski definition) is 1. The predicted molar refractivity (Wildman–Crippen MR) is 89.4 cm³/mol. The molecule has 0 fully saturated rings. The molecule has 4 heteroatoms. The summed E-state index contributed by atoms with van der Waals surface area (Å²) in [5.74, 6) is 2.84. The van der Waals surface area contributed by atoms with E-state index in [4.69, 9.17) is 11.2 Å². The van der Waals surface area contributed by atoms with Crippen molar-refractivity contribution in [3.8, 4) is 23.5 Å². The molecule has 4 nitrogen and oxygen atoms in total. The number of benzene rings is 1. The molecule has 0 aromatic rings. The Kier molecular flexibility index (Phi) is 3.88. The molecular weight excluding hydrogens is 274 g/mol. The van der Waals surface area contributed by atoms with Crippen molar-refractivity contribution in [2.24, 2.45) is 9.98 Å². The first-order valence-electron chi connectivity index (χ1n) is 6.92. The highest BCUT2D eigenvalue weighted by molar-refractivity contribution is 6.46. The number of hydrogen-bond acceptors (Lipinski definition) is 4. The maximum atomic E-state index is 5.35. The Balaban J connectivity index is 0.000000196. The van der Waals surface area contributed by atoms with Gasteiger partial charge in [0.15, 0.2) is 11.9 Å². The van der Waals surface area contributed by atoms with E-state index in [1.54, 1.807) is 12.3 Å². The van der Waals surface area contributed by atoms with Crippen LogP contribution in [0.5, 0.6) is 0 Å². The molecule has 0 bridgehead atoms. The van der Waals surface area contributed by atoms with Crippen molar-refractivity contribution in [1.82, 2.24) is 5.32 Å². The lowest BCUT2D eigenvalue weighted by molar-refractivity contribution is 0.355. The Hall–Kier alpha value is -3.06. The zero-order valence-electron chi connectivity index (χ0n) is 12.0. The number of aliphatic imine (C=N–C) groups is 2. The first-order chi connectivity index (χ1) is 10.8. The van der Waals surface area contributed by atoms with Gasteiger partial charge in [0, 0.05) is 0 Å². The van der Waals surface area contributed by atoms with Crippen LogP contribution in [0.15, 0.2) is 71.0 Å². The Morgan fingerprint density at radius 1 is 1.41 bits per heavy atom. The van der Waals surface area contributed by atoms with Crippen LogP contribution in [0.3, 0.4) is 0 Å². The van der Waals surface area contributed by atoms with Gasteiger partial charge in [-0.25, -0.2) is 9.98 Å². The van der Waals surface area contributed by atoms with Crippen LogP contribution in [0.4, 0.5) is 0 Å². The van der Waals surface area contributed by atoms with Crippen LogP contribution in [0.1, 0.15) is 0 Å². The van der Waals surface area contributed by atoms with Crippen molar-refractivity contribution in [2.45, 2.75) is 6.17 Å². The van der Waals surface area contributed by atoms with Gasteiger partial charge in [-0.15, -0.1) is 6.42 Å². The molecule has 1 unspecified atom stereocenters. The molecule has 1 atom stereocenters. The number of nitrogens with zero attached hydrogens (tertiary/aromatic N) is 2. The second-order valence-corrected chi connectivity index (χ2v) is 4.74. The Bertz CT molecular complexity index is 746. The number of allylic oxidation sites excluding steroid dienone is 2.